The Morgan fingerprint density at radius 1 is 0.960 bits per heavy atom. The molecule has 5 heteroatoms. The second kappa shape index (κ2) is 6.53. The minimum absolute atomic E-state index is 0.0967. The van der Waals surface area contributed by atoms with Gasteiger partial charge in [-0.15, -0.1) is 10.2 Å². The van der Waals surface area contributed by atoms with Crippen molar-refractivity contribution >= 4 is 11.0 Å². The van der Waals surface area contributed by atoms with Gasteiger partial charge in [0, 0.05) is 10.9 Å². The minimum Gasteiger partial charge on any atom is -0.459 e. The predicted octanol–water partition coefficient (Wildman–Crippen LogP) is 4.68. The lowest BCUT2D eigenvalue weighted by molar-refractivity contribution is 0.207. The summed E-state index contributed by atoms with van der Waals surface area (Å²) in [6.45, 7) is 2.66. The van der Waals surface area contributed by atoms with Gasteiger partial charge in [-0.25, -0.2) is 0 Å². The standard InChI is InChI=1S/C20H19N3O2/c1-14(18-12-16-10-6-7-11-17(16)24-18)23(2)13-19-21-22-20(25-19)15-8-4-3-5-9-15/h3-12,14H,13H2,1-2H3/t14-/m1/s1. The maximum absolute atomic E-state index is 5.95. The number of nitrogens with zero attached hydrogens (tertiary/aromatic N) is 3. The number of para-hydroxylation sites is 1. The van der Waals surface area contributed by atoms with Crippen molar-refractivity contribution in [3.05, 3.63) is 72.3 Å². The fourth-order valence-electron chi connectivity index (χ4n) is 2.79. The van der Waals surface area contributed by atoms with Gasteiger partial charge in [-0.2, -0.15) is 0 Å². The van der Waals surface area contributed by atoms with Gasteiger partial charge < -0.3 is 8.83 Å². The normalized spacial score (nSPS) is 12.8. The number of furan rings is 1. The van der Waals surface area contributed by atoms with Crippen molar-refractivity contribution in [3.63, 3.8) is 0 Å². The minimum atomic E-state index is 0.0967. The average molecular weight is 333 g/mol. The van der Waals surface area contributed by atoms with Gasteiger partial charge in [-0.05, 0) is 38.2 Å². The van der Waals surface area contributed by atoms with Crippen molar-refractivity contribution in [1.29, 1.82) is 0 Å². The predicted molar refractivity (Wildman–Crippen MR) is 95.8 cm³/mol. The lowest BCUT2D eigenvalue weighted by Gasteiger charge is -2.20. The topological polar surface area (TPSA) is 55.3 Å². The molecule has 0 bridgehead atoms. The molecule has 0 fully saturated rings. The Kier molecular flexibility index (Phi) is 4.07. The van der Waals surface area contributed by atoms with Gasteiger partial charge in [-0.1, -0.05) is 36.4 Å². The van der Waals surface area contributed by atoms with E-state index in [1.54, 1.807) is 0 Å². The molecular weight excluding hydrogens is 314 g/mol. The molecule has 126 valence electrons. The number of rotatable bonds is 5. The maximum Gasteiger partial charge on any atom is 0.247 e. The molecule has 0 unspecified atom stereocenters. The van der Waals surface area contributed by atoms with E-state index < -0.39 is 0 Å². The summed E-state index contributed by atoms with van der Waals surface area (Å²) in [5.41, 5.74) is 1.83. The molecule has 0 aliphatic rings. The molecule has 0 aliphatic carbocycles. The molecule has 0 N–H and O–H groups in total. The average Bonchev–Trinajstić information content (AvgIpc) is 3.28. The first kappa shape index (κ1) is 15.6. The van der Waals surface area contributed by atoms with E-state index >= 15 is 0 Å². The smallest absolute Gasteiger partial charge is 0.247 e. The third-order valence-corrected chi connectivity index (χ3v) is 4.39. The first-order valence-corrected chi connectivity index (χ1v) is 8.27. The van der Waals surface area contributed by atoms with Crippen molar-refractivity contribution in [3.8, 4) is 11.5 Å². The van der Waals surface area contributed by atoms with Crippen LogP contribution in [-0.4, -0.2) is 22.1 Å². The summed E-state index contributed by atoms with van der Waals surface area (Å²) in [4.78, 5) is 2.12. The summed E-state index contributed by atoms with van der Waals surface area (Å²) >= 11 is 0. The highest BCUT2D eigenvalue weighted by Gasteiger charge is 2.19. The van der Waals surface area contributed by atoms with Crippen molar-refractivity contribution < 1.29 is 8.83 Å². The van der Waals surface area contributed by atoms with E-state index in [1.165, 1.54) is 0 Å². The van der Waals surface area contributed by atoms with Gasteiger partial charge in [0.15, 0.2) is 0 Å². The summed E-state index contributed by atoms with van der Waals surface area (Å²) in [6.07, 6.45) is 0. The molecule has 2 heterocycles. The Balaban J connectivity index is 1.49. The van der Waals surface area contributed by atoms with E-state index in [9.17, 15) is 0 Å². The lowest BCUT2D eigenvalue weighted by atomic mass is 10.2. The van der Waals surface area contributed by atoms with E-state index in [-0.39, 0.29) is 6.04 Å². The largest absolute Gasteiger partial charge is 0.459 e. The van der Waals surface area contributed by atoms with E-state index in [0.717, 1.165) is 22.3 Å². The maximum atomic E-state index is 5.95. The van der Waals surface area contributed by atoms with Gasteiger partial charge in [-0.3, -0.25) is 4.90 Å². The van der Waals surface area contributed by atoms with Crippen LogP contribution >= 0.6 is 0 Å². The Bertz CT molecular complexity index is 942. The van der Waals surface area contributed by atoms with Crippen molar-refractivity contribution in [2.45, 2.75) is 19.5 Å². The second-order valence-electron chi connectivity index (χ2n) is 6.14. The molecule has 2 aromatic carbocycles. The van der Waals surface area contributed by atoms with Gasteiger partial charge >= 0.3 is 0 Å². The number of benzene rings is 2. The van der Waals surface area contributed by atoms with Gasteiger partial charge in [0.1, 0.15) is 11.3 Å². The molecular formula is C20H19N3O2. The summed E-state index contributed by atoms with van der Waals surface area (Å²) in [6, 6.07) is 20.0. The van der Waals surface area contributed by atoms with Crippen LogP contribution < -0.4 is 0 Å². The SMILES string of the molecule is C[C@H](c1cc2ccccc2o1)N(C)Cc1nnc(-c2ccccc2)o1. The summed E-state index contributed by atoms with van der Waals surface area (Å²) in [5, 5.41) is 9.41. The highest BCUT2D eigenvalue weighted by atomic mass is 16.4. The molecule has 2 aromatic heterocycles. The van der Waals surface area contributed by atoms with Crippen LogP contribution in [-0.2, 0) is 6.54 Å². The Labute approximate surface area is 145 Å². The molecule has 5 nitrogen and oxygen atoms in total. The first-order valence-electron chi connectivity index (χ1n) is 8.27. The second-order valence-corrected chi connectivity index (χ2v) is 6.14. The number of fused-ring (bicyclic) bond motifs is 1. The Hall–Kier alpha value is -2.92. The highest BCUT2D eigenvalue weighted by molar-refractivity contribution is 5.77. The van der Waals surface area contributed by atoms with Crippen LogP contribution in [0.2, 0.25) is 0 Å². The molecule has 0 radical (unpaired) electrons. The van der Waals surface area contributed by atoms with E-state index in [2.05, 4.69) is 34.2 Å². The molecule has 25 heavy (non-hydrogen) atoms. The zero-order valence-electron chi connectivity index (χ0n) is 14.2. The number of hydrogen-bond donors (Lipinski definition) is 0. The molecule has 4 aromatic rings. The third kappa shape index (κ3) is 3.19. The molecule has 0 saturated carbocycles. The first-order chi connectivity index (χ1) is 12.2. The molecule has 0 spiro atoms. The molecule has 0 saturated heterocycles. The number of hydrogen-bond acceptors (Lipinski definition) is 5. The zero-order chi connectivity index (χ0) is 17.2. The molecule has 1 atom stereocenters. The molecule has 0 amide bonds. The highest BCUT2D eigenvalue weighted by Crippen LogP contribution is 2.27. The van der Waals surface area contributed by atoms with Crippen molar-refractivity contribution in [1.82, 2.24) is 15.1 Å². The lowest BCUT2D eigenvalue weighted by Crippen LogP contribution is -2.21. The Morgan fingerprint density at radius 3 is 2.52 bits per heavy atom. The van der Waals surface area contributed by atoms with Crippen LogP contribution in [0.4, 0.5) is 0 Å². The number of aromatic nitrogens is 2. The fraction of sp³-hybridized carbons (Fsp3) is 0.200. The molecule has 4 rings (SSSR count). The van der Waals surface area contributed by atoms with Crippen LogP contribution in [0.15, 0.2) is 69.5 Å². The van der Waals surface area contributed by atoms with Crippen LogP contribution in [0.25, 0.3) is 22.4 Å². The monoisotopic (exact) mass is 333 g/mol. The summed E-state index contributed by atoms with van der Waals surface area (Å²) in [5.74, 6) is 2.05. The van der Waals surface area contributed by atoms with Crippen LogP contribution in [0.3, 0.4) is 0 Å². The van der Waals surface area contributed by atoms with Gasteiger partial charge in [0.05, 0.1) is 12.6 Å². The van der Waals surface area contributed by atoms with Gasteiger partial charge in [0.2, 0.25) is 11.8 Å². The van der Waals surface area contributed by atoms with Crippen LogP contribution in [0.1, 0.15) is 24.6 Å². The fourth-order valence-corrected chi connectivity index (χ4v) is 2.79. The van der Waals surface area contributed by atoms with E-state index in [0.29, 0.717) is 18.3 Å². The van der Waals surface area contributed by atoms with Crippen molar-refractivity contribution in [2.75, 3.05) is 7.05 Å². The molecule has 0 aliphatic heterocycles. The van der Waals surface area contributed by atoms with Crippen LogP contribution in [0.5, 0.6) is 0 Å². The van der Waals surface area contributed by atoms with Crippen LogP contribution in [0, 0.1) is 0 Å². The summed E-state index contributed by atoms with van der Waals surface area (Å²) in [7, 11) is 2.02. The Morgan fingerprint density at radius 2 is 1.72 bits per heavy atom. The van der Waals surface area contributed by atoms with E-state index in [1.807, 2.05) is 55.6 Å². The quantitative estimate of drug-likeness (QED) is 0.531. The third-order valence-electron chi connectivity index (χ3n) is 4.39. The van der Waals surface area contributed by atoms with E-state index in [4.69, 9.17) is 8.83 Å². The van der Waals surface area contributed by atoms with Gasteiger partial charge in [0.25, 0.3) is 0 Å². The van der Waals surface area contributed by atoms with Crippen molar-refractivity contribution in [2.24, 2.45) is 0 Å². The zero-order valence-corrected chi connectivity index (χ0v) is 14.2. The summed E-state index contributed by atoms with van der Waals surface area (Å²) < 4.78 is 11.7.